The molecule has 0 spiro atoms. The topological polar surface area (TPSA) is 49.4 Å². The van der Waals surface area contributed by atoms with Gasteiger partial charge in [0.25, 0.3) is 0 Å². The van der Waals surface area contributed by atoms with E-state index in [2.05, 4.69) is 26.1 Å². The highest BCUT2D eigenvalue weighted by molar-refractivity contribution is 7.89. The number of nitrogens with one attached hydrogen (secondary N) is 1. The van der Waals surface area contributed by atoms with Gasteiger partial charge < -0.3 is 5.32 Å². The molecule has 1 aromatic rings. The zero-order chi connectivity index (χ0) is 15.3. The highest BCUT2D eigenvalue weighted by Crippen LogP contribution is 2.25. The lowest BCUT2D eigenvalue weighted by Gasteiger charge is -2.24. The summed E-state index contributed by atoms with van der Waals surface area (Å²) in [4.78, 5) is 0.345. The van der Waals surface area contributed by atoms with E-state index < -0.39 is 10.0 Å². The molecule has 2 unspecified atom stereocenters. The van der Waals surface area contributed by atoms with Crippen LogP contribution in [0.25, 0.3) is 0 Å². The second-order valence-corrected chi connectivity index (χ2v) is 7.37. The number of likely N-dealkylation sites (N-methyl/N-ethyl adjacent to an activating group) is 1. The monoisotopic (exact) mass is 298 g/mol. The number of rotatable bonds is 7. The average Bonchev–Trinajstić information content (AvgIpc) is 2.40. The quantitative estimate of drug-likeness (QED) is 0.841. The molecule has 2 atom stereocenters. The van der Waals surface area contributed by atoms with E-state index in [0.29, 0.717) is 16.9 Å². The van der Waals surface area contributed by atoms with Crippen molar-refractivity contribution in [2.45, 2.75) is 44.0 Å². The van der Waals surface area contributed by atoms with Crippen LogP contribution in [0.15, 0.2) is 29.2 Å². The normalized spacial score (nSPS) is 15.3. The molecular weight excluding hydrogens is 272 g/mol. The number of sulfonamides is 1. The van der Waals surface area contributed by atoms with Gasteiger partial charge in [-0.1, -0.05) is 26.0 Å². The van der Waals surface area contributed by atoms with Crippen molar-refractivity contribution in [3.63, 3.8) is 0 Å². The van der Waals surface area contributed by atoms with Crippen LogP contribution in [0.1, 0.15) is 38.7 Å². The van der Waals surface area contributed by atoms with Gasteiger partial charge in [0.2, 0.25) is 10.0 Å². The van der Waals surface area contributed by atoms with Crippen LogP contribution < -0.4 is 5.32 Å². The lowest BCUT2D eigenvalue weighted by atomic mass is 9.90. The fraction of sp³-hybridized carbons (Fsp3) is 0.600. The summed E-state index contributed by atoms with van der Waals surface area (Å²) >= 11 is 0. The highest BCUT2D eigenvalue weighted by Gasteiger charge is 2.20. The first-order chi connectivity index (χ1) is 9.34. The summed E-state index contributed by atoms with van der Waals surface area (Å²) in [5.41, 5.74) is 1.18. The number of hydrogen-bond acceptors (Lipinski definition) is 3. The maximum Gasteiger partial charge on any atom is 0.242 e. The Morgan fingerprint density at radius 1 is 1.15 bits per heavy atom. The molecule has 5 heteroatoms. The molecule has 0 saturated carbocycles. The van der Waals surface area contributed by atoms with E-state index in [9.17, 15) is 8.42 Å². The Morgan fingerprint density at radius 3 is 2.10 bits per heavy atom. The summed E-state index contributed by atoms with van der Waals surface area (Å²) in [6.07, 6.45) is 1.02. The summed E-state index contributed by atoms with van der Waals surface area (Å²) in [6.45, 7) is 7.35. The lowest BCUT2D eigenvalue weighted by Crippen LogP contribution is -2.31. The van der Waals surface area contributed by atoms with Crippen LogP contribution in [0.3, 0.4) is 0 Å². The number of hydrogen-bond donors (Lipinski definition) is 1. The zero-order valence-electron chi connectivity index (χ0n) is 13.1. The molecule has 1 N–H and O–H groups in total. The molecular formula is C15H26N2O2S. The second-order valence-electron chi connectivity index (χ2n) is 5.22. The van der Waals surface area contributed by atoms with Crippen molar-refractivity contribution in [1.29, 1.82) is 0 Å². The third-order valence-electron chi connectivity index (χ3n) is 3.66. The van der Waals surface area contributed by atoms with Gasteiger partial charge in [-0.2, -0.15) is 0 Å². The average molecular weight is 298 g/mol. The van der Waals surface area contributed by atoms with Crippen LogP contribution in [0.2, 0.25) is 0 Å². The summed E-state index contributed by atoms with van der Waals surface area (Å²) < 4.78 is 25.3. The summed E-state index contributed by atoms with van der Waals surface area (Å²) in [6, 6.07) is 7.63. The van der Waals surface area contributed by atoms with Crippen molar-refractivity contribution in [3.8, 4) is 0 Å². The van der Waals surface area contributed by atoms with E-state index in [0.717, 1.165) is 13.0 Å². The molecule has 0 bridgehead atoms. The Hall–Kier alpha value is -0.910. The van der Waals surface area contributed by atoms with Gasteiger partial charge in [0.1, 0.15) is 0 Å². The van der Waals surface area contributed by atoms with Crippen LogP contribution in [0.4, 0.5) is 0 Å². The summed E-state index contributed by atoms with van der Waals surface area (Å²) in [7, 11) is -0.245. The first-order valence-corrected chi connectivity index (χ1v) is 8.54. The molecule has 0 heterocycles. The zero-order valence-corrected chi connectivity index (χ0v) is 13.9. The lowest BCUT2D eigenvalue weighted by molar-refractivity contribution is 0.460. The standard InChI is InChI=1S/C15H26N2O2S/c1-6-15(12(3)16-7-2)13-8-10-14(11-9-13)20(18,19)17(4)5/h8-12,15-16H,6-7H2,1-5H3. The van der Waals surface area contributed by atoms with Gasteiger partial charge in [-0.25, -0.2) is 12.7 Å². The van der Waals surface area contributed by atoms with Gasteiger partial charge in [-0.05, 0) is 43.5 Å². The Balaban J connectivity index is 3.01. The Morgan fingerprint density at radius 2 is 1.70 bits per heavy atom. The predicted octanol–water partition coefficient (Wildman–Crippen LogP) is 2.43. The van der Waals surface area contributed by atoms with Gasteiger partial charge in [-0.15, -0.1) is 0 Å². The molecule has 114 valence electrons. The Bertz CT molecular complexity index is 509. The van der Waals surface area contributed by atoms with Crippen LogP contribution in [-0.2, 0) is 10.0 Å². The molecule has 20 heavy (non-hydrogen) atoms. The molecule has 0 aromatic heterocycles. The smallest absolute Gasteiger partial charge is 0.242 e. The summed E-state index contributed by atoms with van der Waals surface area (Å²) in [5, 5.41) is 3.43. The molecule has 0 aliphatic carbocycles. The van der Waals surface area contributed by atoms with Crippen molar-refractivity contribution in [2.75, 3.05) is 20.6 Å². The summed E-state index contributed by atoms with van der Waals surface area (Å²) in [5.74, 6) is 0.395. The van der Waals surface area contributed by atoms with Crippen LogP contribution in [0.5, 0.6) is 0 Å². The van der Waals surface area contributed by atoms with Gasteiger partial charge in [-0.3, -0.25) is 0 Å². The van der Waals surface area contributed by atoms with E-state index in [1.54, 1.807) is 26.2 Å². The van der Waals surface area contributed by atoms with E-state index >= 15 is 0 Å². The van der Waals surface area contributed by atoms with Gasteiger partial charge in [0.05, 0.1) is 4.90 Å². The molecule has 1 rings (SSSR count). The minimum Gasteiger partial charge on any atom is -0.314 e. The fourth-order valence-electron chi connectivity index (χ4n) is 2.44. The maximum absolute atomic E-state index is 12.0. The first-order valence-electron chi connectivity index (χ1n) is 7.10. The van der Waals surface area contributed by atoms with E-state index in [1.165, 1.54) is 9.87 Å². The van der Waals surface area contributed by atoms with E-state index in [-0.39, 0.29) is 0 Å². The van der Waals surface area contributed by atoms with Crippen LogP contribution >= 0.6 is 0 Å². The largest absolute Gasteiger partial charge is 0.314 e. The fourth-order valence-corrected chi connectivity index (χ4v) is 3.34. The molecule has 4 nitrogen and oxygen atoms in total. The van der Waals surface area contributed by atoms with Crippen molar-refractivity contribution >= 4 is 10.0 Å². The van der Waals surface area contributed by atoms with Gasteiger partial charge in [0.15, 0.2) is 0 Å². The van der Waals surface area contributed by atoms with Gasteiger partial charge in [0, 0.05) is 20.1 Å². The van der Waals surface area contributed by atoms with Crippen LogP contribution in [-0.4, -0.2) is 39.4 Å². The molecule has 0 saturated heterocycles. The predicted molar refractivity (Wildman–Crippen MR) is 83.5 cm³/mol. The van der Waals surface area contributed by atoms with Crippen molar-refractivity contribution in [2.24, 2.45) is 0 Å². The van der Waals surface area contributed by atoms with E-state index in [1.807, 2.05) is 12.1 Å². The number of benzene rings is 1. The van der Waals surface area contributed by atoms with E-state index in [4.69, 9.17) is 0 Å². The SMILES string of the molecule is CCNC(C)C(CC)c1ccc(S(=O)(=O)N(C)C)cc1. The second kappa shape index (κ2) is 7.20. The molecule has 0 amide bonds. The third kappa shape index (κ3) is 3.81. The minimum atomic E-state index is -3.34. The third-order valence-corrected chi connectivity index (χ3v) is 5.49. The molecule has 0 radical (unpaired) electrons. The van der Waals surface area contributed by atoms with Crippen molar-refractivity contribution in [1.82, 2.24) is 9.62 Å². The van der Waals surface area contributed by atoms with Gasteiger partial charge >= 0.3 is 0 Å². The number of nitrogens with zero attached hydrogens (tertiary/aromatic N) is 1. The maximum atomic E-state index is 12.0. The van der Waals surface area contributed by atoms with Crippen molar-refractivity contribution in [3.05, 3.63) is 29.8 Å². The molecule has 0 aliphatic rings. The molecule has 0 aliphatic heterocycles. The van der Waals surface area contributed by atoms with Crippen LogP contribution in [0, 0.1) is 0 Å². The first kappa shape index (κ1) is 17.1. The van der Waals surface area contributed by atoms with Crippen molar-refractivity contribution < 1.29 is 8.42 Å². The Kier molecular flexibility index (Phi) is 6.17. The minimum absolute atomic E-state index is 0.345. The molecule has 0 fully saturated rings. The molecule has 1 aromatic carbocycles. The Labute approximate surface area is 123 Å². The highest BCUT2D eigenvalue weighted by atomic mass is 32.2.